The molecule has 0 aliphatic carbocycles. The Bertz CT molecular complexity index is 1060. The third-order valence-corrected chi connectivity index (χ3v) is 5.96. The van der Waals surface area contributed by atoms with Crippen LogP contribution in [0.3, 0.4) is 0 Å². The maximum atomic E-state index is 10.7. The number of aromatic nitrogens is 2. The van der Waals surface area contributed by atoms with Crippen molar-refractivity contribution >= 4 is 6.09 Å². The van der Waals surface area contributed by atoms with E-state index in [9.17, 15) is 9.90 Å². The van der Waals surface area contributed by atoms with Crippen molar-refractivity contribution in [2.75, 3.05) is 13.1 Å². The number of benzene rings is 2. The standard InChI is InChI=1S/C26H35N5O4/c1-17-12-21(32)13-18(2)22(17)15-20(27)16-29-23(10-6-7-11-28-26(33)34)25-30-24(31-35-25)14-19-8-4-3-5-9-19/h3-5,8-9,12-13,20,23,28-29,32H,6-7,10-11,14-16,27H2,1-2H3,(H,33,34)/t20-,23-/m1/s1. The van der Waals surface area contributed by atoms with Crippen LogP contribution in [0.25, 0.3) is 0 Å². The van der Waals surface area contributed by atoms with Gasteiger partial charge in [-0.25, -0.2) is 4.79 Å². The highest BCUT2D eigenvalue weighted by atomic mass is 16.5. The zero-order chi connectivity index (χ0) is 25.2. The van der Waals surface area contributed by atoms with Gasteiger partial charge in [0.15, 0.2) is 5.82 Å². The number of rotatable bonds is 13. The number of hydrogen-bond acceptors (Lipinski definition) is 7. The molecule has 0 saturated heterocycles. The molecule has 0 spiro atoms. The van der Waals surface area contributed by atoms with Gasteiger partial charge in [-0.2, -0.15) is 4.98 Å². The van der Waals surface area contributed by atoms with Crippen molar-refractivity contribution in [3.05, 3.63) is 76.4 Å². The molecule has 1 amide bonds. The van der Waals surface area contributed by atoms with Gasteiger partial charge in [-0.15, -0.1) is 0 Å². The third-order valence-electron chi connectivity index (χ3n) is 5.96. The monoisotopic (exact) mass is 481 g/mol. The van der Waals surface area contributed by atoms with E-state index in [1.807, 2.05) is 44.2 Å². The molecule has 2 aromatic carbocycles. The normalized spacial score (nSPS) is 12.9. The third kappa shape index (κ3) is 8.38. The van der Waals surface area contributed by atoms with Crippen LogP contribution in [0.1, 0.15) is 59.3 Å². The molecule has 0 bridgehead atoms. The van der Waals surface area contributed by atoms with Gasteiger partial charge in [0.1, 0.15) is 5.75 Å². The molecule has 0 fully saturated rings. The second kappa shape index (κ2) is 12.9. The van der Waals surface area contributed by atoms with E-state index < -0.39 is 6.09 Å². The summed E-state index contributed by atoms with van der Waals surface area (Å²) in [7, 11) is 0. The average molecular weight is 482 g/mol. The van der Waals surface area contributed by atoms with Crippen molar-refractivity contribution in [2.45, 2.75) is 58.0 Å². The highest BCUT2D eigenvalue weighted by Gasteiger charge is 2.20. The Kier molecular flexibility index (Phi) is 9.63. The first-order chi connectivity index (χ1) is 16.8. The van der Waals surface area contributed by atoms with Crippen LogP contribution < -0.4 is 16.4 Å². The van der Waals surface area contributed by atoms with Crippen LogP contribution in [-0.4, -0.2) is 45.6 Å². The molecule has 0 radical (unpaired) electrons. The second-order valence-electron chi connectivity index (χ2n) is 8.92. The lowest BCUT2D eigenvalue weighted by atomic mass is 9.96. The molecule has 188 valence electrons. The summed E-state index contributed by atoms with van der Waals surface area (Å²) in [5.41, 5.74) is 10.7. The lowest BCUT2D eigenvalue weighted by Gasteiger charge is -2.20. The Morgan fingerprint density at radius 3 is 2.54 bits per heavy atom. The van der Waals surface area contributed by atoms with Crippen LogP contribution in [0.15, 0.2) is 47.0 Å². The van der Waals surface area contributed by atoms with Gasteiger partial charge in [0.2, 0.25) is 5.89 Å². The number of carbonyl (C=O) groups is 1. The molecule has 1 aromatic heterocycles. The van der Waals surface area contributed by atoms with Crippen LogP contribution in [0.5, 0.6) is 5.75 Å². The first kappa shape index (κ1) is 26.2. The summed E-state index contributed by atoms with van der Waals surface area (Å²) in [4.78, 5) is 15.3. The first-order valence-electron chi connectivity index (χ1n) is 11.9. The predicted octanol–water partition coefficient (Wildman–Crippen LogP) is 3.62. The molecule has 3 rings (SSSR count). The van der Waals surface area contributed by atoms with Gasteiger partial charge in [0, 0.05) is 25.6 Å². The van der Waals surface area contributed by atoms with Crippen LogP contribution >= 0.6 is 0 Å². The predicted molar refractivity (Wildman–Crippen MR) is 133 cm³/mol. The van der Waals surface area contributed by atoms with Crippen LogP contribution in [0.4, 0.5) is 4.79 Å². The molecule has 3 aromatic rings. The molecule has 9 heteroatoms. The number of amides is 1. The van der Waals surface area contributed by atoms with Crippen molar-refractivity contribution in [3.63, 3.8) is 0 Å². The van der Waals surface area contributed by atoms with Gasteiger partial charge >= 0.3 is 6.09 Å². The molecule has 0 aliphatic heterocycles. The van der Waals surface area contributed by atoms with E-state index in [1.165, 1.54) is 0 Å². The number of nitrogens with one attached hydrogen (secondary N) is 2. The van der Waals surface area contributed by atoms with Crippen LogP contribution in [0, 0.1) is 13.8 Å². The number of phenolic OH excluding ortho intramolecular Hbond substituents is 1. The summed E-state index contributed by atoms with van der Waals surface area (Å²) in [5.74, 6) is 1.38. The highest BCUT2D eigenvalue weighted by Crippen LogP contribution is 2.23. The summed E-state index contributed by atoms with van der Waals surface area (Å²) in [6.07, 6.45) is 2.42. The summed E-state index contributed by atoms with van der Waals surface area (Å²) in [5, 5.41) is 28.6. The number of hydrogen-bond donors (Lipinski definition) is 5. The number of nitrogens with zero attached hydrogens (tertiary/aromatic N) is 2. The molecular weight excluding hydrogens is 446 g/mol. The van der Waals surface area contributed by atoms with Crippen molar-refractivity contribution in [1.29, 1.82) is 0 Å². The number of nitrogens with two attached hydrogens (primary N) is 1. The van der Waals surface area contributed by atoms with E-state index in [0.29, 0.717) is 50.5 Å². The number of unbranched alkanes of at least 4 members (excludes halogenated alkanes) is 1. The fourth-order valence-corrected chi connectivity index (χ4v) is 4.16. The Labute approximate surface area is 205 Å². The van der Waals surface area contributed by atoms with E-state index in [4.69, 9.17) is 15.4 Å². The quantitative estimate of drug-likeness (QED) is 0.233. The van der Waals surface area contributed by atoms with Gasteiger partial charge < -0.3 is 31.1 Å². The average Bonchev–Trinajstić information content (AvgIpc) is 3.26. The van der Waals surface area contributed by atoms with E-state index in [-0.39, 0.29) is 17.8 Å². The summed E-state index contributed by atoms with van der Waals surface area (Å²) >= 11 is 0. The Balaban J connectivity index is 1.62. The van der Waals surface area contributed by atoms with Crippen molar-refractivity contribution < 1.29 is 19.5 Å². The topological polar surface area (TPSA) is 147 Å². The van der Waals surface area contributed by atoms with E-state index in [2.05, 4.69) is 20.8 Å². The Hall–Kier alpha value is -3.43. The van der Waals surface area contributed by atoms with Gasteiger partial charge in [-0.1, -0.05) is 35.5 Å². The van der Waals surface area contributed by atoms with E-state index in [1.54, 1.807) is 12.1 Å². The number of aryl methyl sites for hydroxylation is 2. The fraction of sp³-hybridized carbons (Fsp3) is 0.423. The van der Waals surface area contributed by atoms with Gasteiger partial charge in [-0.3, -0.25) is 0 Å². The maximum absolute atomic E-state index is 10.7. The highest BCUT2D eigenvalue weighted by molar-refractivity contribution is 5.64. The number of aromatic hydroxyl groups is 1. The van der Waals surface area contributed by atoms with Crippen LogP contribution in [-0.2, 0) is 12.8 Å². The Morgan fingerprint density at radius 1 is 1.14 bits per heavy atom. The maximum Gasteiger partial charge on any atom is 0.404 e. The second-order valence-corrected chi connectivity index (χ2v) is 8.92. The van der Waals surface area contributed by atoms with Gasteiger partial charge in [0.05, 0.1) is 6.04 Å². The minimum atomic E-state index is -1.02. The molecule has 35 heavy (non-hydrogen) atoms. The SMILES string of the molecule is Cc1cc(O)cc(C)c1C[C@@H](N)CN[C@H](CCCCNC(=O)O)c1nc(Cc2ccccc2)no1. The van der Waals surface area contributed by atoms with Crippen molar-refractivity contribution in [3.8, 4) is 5.75 Å². The Morgan fingerprint density at radius 2 is 1.86 bits per heavy atom. The van der Waals surface area contributed by atoms with Crippen molar-refractivity contribution in [1.82, 2.24) is 20.8 Å². The minimum absolute atomic E-state index is 0.153. The fourth-order valence-electron chi connectivity index (χ4n) is 4.16. The van der Waals surface area contributed by atoms with Crippen molar-refractivity contribution in [2.24, 2.45) is 5.73 Å². The first-order valence-corrected chi connectivity index (χ1v) is 11.9. The smallest absolute Gasteiger partial charge is 0.404 e. The van der Waals surface area contributed by atoms with Gasteiger partial charge in [0.25, 0.3) is 0 Å². The zero-order valence-electron chi connectivity index (χ0n) is 20.3. The molecule has 1 heterocycles. The molecule has 6 N–H and O–H groups in total. The minimum Gasteiger partial charge on any atom is -0.508 e. The lowest BCUT2D eigenvalue weighted by Crippen LogP contribution is -2.38. The molecule has 9 nitrogen and oxygen atoms in total. The molecule has 0 aliphatic rings. The molecule has 0 unspecified atom stereocenters. The van der Waals surface area contributed by atoms with E-state index in [0.717, 1.165) is 28.7 Å². The van der Waals surface area contributed by atoms with Gasteiger partial charge in [-0.05, 0) is 73.9 Å². The van der Waals surface area contributed by atoms with Crippen LogP contribution in [0.2, 0.25) is 0 Å². The number of carboxylic acid groups (broad SMARTS) is 1. The summed E-state index contributed by atoms with van der Waals surface area (Å²) in [6, 6.07) is 13.1. The summed E-state index contributed by atoms with van der Waals surface area (Å²) in [6.45, 7) is 4.88. The zero-order valence-corrected chi connectivity index (χ0v) is 20.3. The lowest BCUT2D eigenvalue weighted by molar-refractivity contribution is 0.194. The number of phenols is 1. The molecule has 0 saturated carbocycles. The largest absolute Gasteiger partial charge is 0.508 e. The molecule has 2 atom stereocenters. The molecular formula is C26H35N5O4. The summed E-state index contributed by atoms with van der Waals surface area (Å²) < 4.78 is 5.59. The van der Waals surface area contributed by atoms with E-state index >= 15 is 0 Å².